The van der Waals surface area contributed by atoms with Crippen LogP contribution in [0.5, 0.6) is 0 Å². The molecule has 2 aliphatic rings. The number of ether oxygens (including phenoxy) is 1. The van der Waals surface area contributed by atoms with E-state index in [0.29, 0.717) is 6.54 Å². The fraction of sp³-hybridized carbons (Fsp3) is 0.857. The van der Waals surface area contributed by atoms with Crippen molar-refractivity contribution in [1.29, 1.82) is 0 Å². The maximum Gasteiger partial charge on any atom is 0.307 e. The van der Waals surface area contributed by atoms with Gasteiger partial charge in [-0.1, -0.05) is 13.8 Å². The SMILES string of the molecule is CN(CC1CCCCO1)C(=O)C1C(C(=O)O)C1(C)C. The zero-order valence-corrected chi connectivity index (χ0v) is 11.9. The number of hydrogen-bond acceptors (Lipinski definition) is 3. The molecule has 0 aromatic carbocycles. The molecular formula is C14H23NO4. The van der Waals surface area contributed by atoms with E-state index in [4.69, 9.17) is 9.84 Å². The molecule has 1 aliphatic heterocycles. The van der Waals surface area contributed by atoms with Gasteiger partial charge in [-0.2, -0.15) is 0 Å². The molecule has 3 atom stereocenters. The van der Waals surface area contributed by atoms with Crippen LogP contribution in [0, 0.1) is 17.3 Å². The van der Waals surface area contributed by atoms with Crippen molar-refractivity contribution in [3.63, 3.8) is 0 Å². The molecule has 5 nitrogen and oxygen atoms in total. The van der Waals surface area contributed by atoms with Crippen LogP contribution in [0.3, 0.4) is 0 Å². The van der Waals surface area contributed by atoms with Gasteiger partial charge >= 0.3 is 5.97 Å². The van der Waals surface area contributed by atoms with E-state index in [1.807, 2.05) is 13.8 Å². The van der Waals surface area contributed by atoms with Crippen molar-refractivity contribution in [2.45, 2.75) is 39.2 Å². The number of carbonyl (C=O) groups excluding carboxylic acids is 1. The van der Waals surface area contributed by atoms with Crippen molar-refractivity contribution >= 4 is 11.9 Å². The summed E-state index contributed by atoms with van der Waals surface area (Å²) in [5.41, 5.74) is -0.426. The fourth-order valence-corrected chi connectivity index (χ4v) is 3.14. The van der Waals surface area contributed by atoms with Gasteiger partial charge in [-0.05, 0) is 24.7 Å². The van der Waals surface area contributed by atoms with Crippen molar-refractivity contribution in [3.8, 4) is 0 Å². The molecule has 0 radical (unpaired) electrons. The number of amides is 1. The summed E-state index contributed by atoms with van der Waals surface area (Å²) in [6, 6.07) is 0. The van der Waals surface area contributed by atoms with Gasteiger partial charge in [-0.3, -0.25) is 9.59 Å². The third-order valence-electron chi connectivity index (χ3n) is 4.49. The van der Waals surface area contributed by atoms with Crippen molar-refractivity contribution in [2.75, 3.05) is 20.2 Å². The van der Waals surface area contributed by atoms with Gasteiger partial charge in [0.2, 0.25) is 5.91 Å². The number of carboxylic acids is 1. The second kappa shape index (κ2) is 5.12. The van der Waals surface area contributed by atoms with Crippen molar-refractivity contribution in [3.05, 3.63) is 0 Å². The van der Waals surface area contributed by atoms with E-state index in [0.717, 1.165) is 25.9 Å². The van der Waals surface area contributed by atoms with Crippen LogP contribution in [0.15, 0.2) is 0 Å². The van der Waals surface area contributed by atoms with Gasteiger partial charge in [0.1, 0.15) is 0 Å². The van der Waals surface area contributed by atoms with E-state index in [9.17, 15) is 9.59 Å². The first-order valence-corrected chi connectivity index (χ1v) is 6.95. The monoisotopic (exact) mass is 269 g/mol. The Bertz CT molecular complexity index is 374. The highest BCUT2D eigenvalue weighted by Crippen LogP contribution is 2.58. The predicted molar refractivity (Wildman–Crippen MR) is 69.6 cm³/mol. The van der Waals surface area contributed by atoms with Crippen LogP contribution in [0.25, 0.3) is 0 Å². The molecule has 2 rings (SSSR count). The van der Waals surface area contributed by atoms with Crippen molar-refractivity contribution in [2.24, 2.45) is 17.3 Å². The van der Waals surface area contributed by atoms with E-state index in [2.05, 4.69) is 0 Å². The zero-order chi connectivity index (χ0) is 14.2. The topological polar surface area (TPSA) is 66.8 Å². The van der Waals surface area contributed by atoms with Gasteiger partial charge in [0.05, 0.1) is 17.9 Å². The summed E-state index contributed by atoms with van der Waals surface area (Å²) in [5, 5.41) is 9.12. The number of carbonyl (C=O) groups is 2. The van der Waals surface area contributed by atoms with Crippen LogP contribution in [0.2, 0.25) is 0 Å². The molecule has 0 spiro atoms. The van der Waals surface area contributed by atoms with Crippen molar-refractivity contribution < 1.29 is 19.4 Å². The smallest absolute Gasteiger partial charge is 0.307 e. The summed E-state index contributed by atoms with van der Waals surface area (Å²) in [4.78, 5) is 25.1. The Morgan fingerprint density at radius 3 is 2.47 bits per heavy atom. The molecule has 1 saturated heterocycles. The Labute approximate surface area is 113 Å². The first kappa shape index (κ1) is 14.3. The Morgan fingerprint density at radius 2 is 2.00 bits per heavy atom. The maximum atomic E-state index is 12.3. The summed E-state index contributed by atoms with van der Waals surface area (Å²) in [6.45, 7) is 5.02. The first-order valence-electron chi connectivity index (χ1n) is 6.95. The van der Waals surface area contributed by atoms with Crippen molar-refractivity contribution in [1.82, 2.24) is 4.90 Å². The molecule has 5 heteroatoms. The maximum absolute atomic E-state index is 12.3. The van der Waals surface area contributed by atoms with E-state index in [1.54, 1.807) is 11.9 Å². The highest BCUT2D eigenvalue weighted by Gasteiger charge is 2.66. The second-order valence-electron chi connectivity index (χ2n) is 6.32. The minimum Gasteiger partial charge on any atom is -0.481 e. The van der Waals surface area contributed by atoms with E-state index < -0.39 is 23.2 Å². The first-order chi connectivity index (χ1) is 8.85. The summed E-state index contributed by atoms with van der Waals surface area (Å²) in [7, 11) is 1.74. The summed E-state index contributed by atoms with van der Waals surface area (Å²) < 4.78 is 5.61. The number of hydrogen-bond donors (Lipinski definition) is 1. The van der Waals surface area contributed by atoms with Crippen LogP contribution in [0.1, 0.15) is 33.1 Å². The molecule has 1 saturated carbocycles. The molecular weight excluding hydrogens is 246 g/mol. The third-order valence-corrected chi connectivity index (χ3v) is 4.49. The molecule has 0 aromatic rings. The molecule has 19 heavy (non-hydrogen) atoms. The number of carboxylic acid groups (broad SMARTS) is 1. The lowest BCUT2D eigenvalue weighted by Gasteiger charge is -2.27. The van der Waals surface area contributed by atoms with Gasteiger partial charge in [0.25, 0.3) is 0 Å². The molecule has 1 N–H and O–H groups in total. The van der Waals surface area contributed by atoms with Gasteiger partial charge in [-0.15, -0.1) is 0 Å². The second-order valence-corrected chi connectivity index (χ2v) is 6.32. The molecule has 0 bridgehead atoms. The highest BCUT2D eigenvalue weighted by atomic mass is 16.5. The average molecular weight is 269 g/mol. The number of rotatable bonds is 4. The number of aliphatic carboxylic acids is 1. The Kier molecular flexibility index (Phi) is 3.85. The van der Waals surface area contributed by atoms with Crippen LogP contribution in [0.4, 0.5) is 0 Å². The van der Waals surface area contributed by atoms with E-state index in [1.165, 1.54) is 0 Å². The lowest BCUT2D eigenvalue weighted by molar-refractivity contribution is -0.142. The third kappa shape index (κ3) is 2.76. The summed E-state index contributed by atoms with van der Waals surface area (Å²) >= 11 is 0. The Balaban J connectivity index is 1.91. The predicted octanol–water partition coefficient (Wildman–Crippen LogP) is 1.37. The minimum absolute atomic E-state index is 0.0634. The highest BCUT2D eigenvalue weighted by molar-refractivity contribution is 5.91. The number of nitrogens with zero attached hydrogens (tertiary/aromatic N) is 1. The fourth-order valence-electron chi connectivity index (χ4n) is 3.14. The molecule has 108 valence electrons. The van der Waals surface area contributed by atoms with Crippen LogP contribution in [-0.4, -0.2) is 48.2 Å². The van der Waals surface area contributed by atoms with Crippen LogP contribution >= 0.6 is 0 Å². The van der Waals surface area contributed by atoms with Crippen LogP contribution in [-0.2, 0) is 14.3 Å². The minimum atomic E-state index is -0.870. The van der Waals surface area contributed by atoms with Crippen LogP contribution < -0.4 is 0 Å². The van der Waals surface area contributed by atoms with Gasteiger partial charge in [0.15, 0.2) is 0 Å². The van der Waals surface area contributed by atoms with E-state index in [-0.39, 0.29) is 12.0 Å². The largest absolute Gasteiger partial charge is 0.481 e. The molecule has 1 heterocycles. The quantitative estimate of drug-likeness (QED) is 0.837. The molecule has 1 aliphatic carbocycles. The van der Waals surface area contributed by atoms with Gasteiger partial charge in [0, 0.05) is 20.2 Å². The zero-order valence-electron chi connectivity index (χ0n) is 11.9. The summed E-state index contributed by atoms with van der Waals surface area (Å²) in [6.07, 6.45) is 3.31. The normalized spacial score (nSPS) is 32.7. The van der Waals surface area contributed by atoms with E-state index >= 15 is 0 Å². The molecule has 2 fully saturated rings. The van der Waals surface area contributed by atoms with Gasteiger partial charge < -0.3 is 14.7 Å². The average Bonchev–Trinajstić information content (AvgIpc) is 2.92. The molecule has 1 amide bonds. The van der Waals surface area contributed by atoms with Gasteiger partial charge in [-0.25, -0.2) is 0 Å². The number of likely N-dealkylation sites (N-methyl/N-ethyl adjacent to an activating group) is 1. The Hall–Kier alpha value is -1.10. The lowest BCUT2D eigenvalue weighted by atomic mass is 10.1. The molecule has 0 aromatic heterocycles. The summed E-state index contributed by atoms with van der Waals surface area (Å²) in [5.74, 6) is -1.87. The lowest BCUT2D eigenvalue weighted by Crippen LogP contribution is -2.38. The standard InChI is InChI=1S/C14H23NO4/c1-14(2)10(11(14)13(17)18)12(16)15(3)8-9-6-4-5-7-19-9/h9-11H,4-8H2,1-3H3,(H,17,18). The molecule has 3 unspecified atom stereocenters. The Morgan fingerprint density at radius 1 is 1.32 bits per heavy atom.